The van der Waals surface area contributed by atoms with E-state index in [0.717, 1.165) is 16.6 Å². The molecule has 0 saturated carbocycles. The Bertz CT molecular complexity index is 1640. The van der Waals surface area contributed by atoms with Gasteiger partial charge in [0.2, 0.25) is 16.4 Å². The van der Waals surface area contributed by atoms with E-state index >= 15 is 4.39 Å². The van der Waals surface area contributed by atoms with Crippen LogP contribution in [0, 0.1) is 0 Å². The summed E-state index contributed by atoms with van der Waals surface area (Å²) in [5.74, 6) is -0.832. The molecule has 2 amide bonds. The van der Waals surface area contributed by atoms with Crippen LogP contribution in [0.25, 0.3) is 5.78 Å². The summed E-state index contributed by atoms with van der Waals surface area (Å²) in [4.78, 5) is 45.1. The van der Waals surface area contributed by atoms with Crippen molar-refractivity contribution in [1.82, 2.24) is 24.1 Å². The molecule has 3 heterocycles. The third-order valence-electron chi connectivity index (χ3n) is 7.40. The first-order valence-corrected chi connectivity index (χ1v) is 14.1. The van der Waals surface area contributed by atoms with E-state index in [4.69, 9.17) is 16.3 Å². The van der Waals surface area contributed by atoms with Crippen molar-refractivity contribution in [1.29, 1.82) is 0 Å². The molecule has 1 aromatic carbocycles. The van der Waals surface area contributed by atoms with Crippen LogP contribution in [0.3, 0.4) is 0 Å². The first-order valence-electron chi connectivity index (χ1n) is 13.0. The molecule has 1 spiro atoms. The number of ether oxygens (including phenoxy) is 1. The molecule has 0 radical (unpaired) electrons. The van der Waals surface area contributed by atoms with Gasteiger partial charge in [-0.3, -0.25) is 9.59 Å². The Balaban J connectivity index is 1.48. The van der Waals surface area contributed by atoms with Gasteiger partial charge in [-0.15, -0.1) is 5.10 Å². The average molecular weight is 678 g/mol. The standard InChI is InChI=1S/C26H26BrClF4N6O4/c1-24(2,3)42-23(41)36-8-6-25(7-9-36)11-15(29)19-18(25)20(40)38-22(34-21(27)35-38)37(19)12-17(39)33-16-5-4-13(10-14(16)28)26(30,31)32/h4-5,10,15H,6-9,11-12H2,1-3H3,(H,33,39). The second-order valence-electron chi connectivity index (χ2n) is 11.4. The Kier molecular flexibility index (Phi) is 7.57. The zero-order valence-corrected chi connectivity index (χ0v) is 25.0. The minimum Gasteiger partial charge on any atom is -0.444 e. The van der Waals surface area contributed by atoms with E-state index in [0.29, 0.717) is 6.07 Å². The number of fused-ring (bicyclic) bond motifs is 3. The molecule has 1 fully saturated rings. The fraction of sp³-hybridized carbons (Fsp3) is 0.500. The molecule has 1 aliphatic carbocycles. The Labute approximate surface area is 250 Å². The molecule has 1 atom stereocenters. The molecule has 3 aromatic rings. The molecule has 1 N–H and O–H groups in total. The molecule has 10 nitrogen and oxygen atoms in total. The van der Waals surface area contributed by atoms with E-state index in [-0.39, 0.29) is 64.8 Å². The Morgan fingerprint density at radius 2 is 1.88 bits per heavy atom. The lowest BCUT2D eigenvalue weighted by molar-refractivity contribution is -0.137. The molecule has 42 heavy (non-hydrogen) atoms. The predicted molar refractivity (Wildman–Crippen MR) is 147 cm³/mol. The number of anilines is 1. The van der Waals surface area contributed by atoms with Gasteiger partial charge in [-0.05, 0) is 74.2 Å². The number of carbonyl (C=O) groups excluding carboxylic acids is 2. The summed E-state index contributed by atoms with van der Waals surface area (Å²) in [6.45, 7) is 5.18. The van der Waals surface area contributed by atoms with Crippen LogP contribution in [0.1, 0.15) is 63.0 Å². The van der Waals surface area contributed by atoms with Crippen molar-refractivity contribution < 1.29 is 31.9 Å². The lowest BCUT2D eigenvalue weighted by atomic mass is 9.74. The van der Waals surface area contributed by atoms with E-state index < -0.39 is 53.0 Å². The minimum atomic E-state index is -4.62. The highest BCUT2D eigenvalue weighted by atomic mass is 79.9. The Morgan fingerprint density at radius 1 is 1.21 bits per heavy atom. The highest BCUT2D eigenvalue weighted by Crippen LogP contribution is 2.51. The summed E-state index contributed by atoms with van der Waals surface area (Å²) in [7, 11) is 0. The van der Waals surface area contributed by atoms with Crippen LogP contribution in [-0.2, 0) is 27.7 Å². The molecule has 0 bridgehead atoms. The molecule has 1 aliphatic heterocycles. The topological polar surface area (TPSA) is 111 Å². The third-order valence-corrected chi connectivity index (χ3v) is 8.05. The normalized spacial score (nSPS) is 18.4. The maximum atomic E-state index is 15.9. The first kappa shape index (κ1) is 30.3. The lowest BCUT2D eigenvalue weighted by Crippen LogP contribution is -2.48. The summed E-state index contributed by atoms with van der Waals surface area (Å²) in [5.41, 5.74) is -3.12. The third kappa shape index (κ3) is 5.60. The summed E-state index contributed by atoms with van der Waals surface area (Å²) in [5, 5.41) is 6.21. The van der Waals surface area contributed by atoms with Crippen molar-refractivity contribution in [2.75, 3.05) is 18.4 Å². The Hall–Kier alpha value is -3.20. The monoisotopic (exact) mass is 676 g/mol. The molecular formula is C26H26BrClF4N6O4. The van der Waals surface area contributed by atoms with E-state index in [1.54, 1.807) is 20.8 Å². The van der Waals surface area contributed by atoms with Crippen LogP contribution in [-0.4, -0.2) is 54.8 Å². The minimum absolute atomic E-state index is 0.0215. The van der Waals surface area contributed by atoms with Crippen molar-refractivity contribution >= 4 is 51.0 Å². The largest absolute Gasteiger partial charge is 0.444 e. The van der Waals surface area contributed by atoms with E-state index in [9.17, 15) is 27.6 Å². The highest BCUT2D eigenvalue weighted by molar-refractivity contribution is 9.10. The maximum Gasteiger partial charge on any atom is 0.416 e. The molecule has 226 valence electrons. The van der Waals surface area contributed by atoms with Gasteiger partial charge in [-0.25, -0.2) is 9.18 Å². The van der Waals surface area contributed by atoms with Crippen molar-refractivity contribution in [3.63, 3.8) is 0 Å². The number of hydrogen-bond donors (Lipinski definition) is 1. The van der Waals surface area contributed by atoms with Crippen LogP contribution in [0.5, 0.6) is 0 Å². The van der Waals surface area contributed by atoms with Gasteiger partial charge in [0.05, 0.1) is 22.0 Å². The van der Waals surface area contributed by atoms with Gasteiger partial charge in [-0.1, -0.05) is 11.6 Å². The number of rotatable bonds is 3. The van der Waals surface area contributed by atoms with Crippen molar-refractivity contribution in [3.05, 3.63) is 55.1 Å². The van der Waals surface area contributed by atoms with Gasteiger partial charge < -0.3 is 19.5 Å². The van der Waals surface area contributed by atoms with Crippen LogP contribution in [0.2, 0.25) is 5.02 Å². The second-order valence-corrected chi connectivity index (χ2v) is 12.5. The predicted octanol–water partition coefficient (Wildman–Crippen LogP) is 5.65. The lowest BCUT2D eigenvalue weighted by Gasteiger charge is -2.39. The number of nitrogens with zero attached hydrogens (tertiary/aromatic N) is 5. The number of hydrogen-bond acceptors (Lipinski definition) is 6. The molecule has 1 saturated heterocycles. The number of carbonyl (C=O) groups is 2. The first-order chi connectivity index (χ1) is 19.5. The van der Waals surface area contributed by atoms with E-state index in [2.05, 4.69) is 31.3 Å². The average Bonchev–Trinajstić information content (AvgIpc) is 3.39. The van der Waals surface area contributed by atoms with Crippen molar-refractivity contribution in [3.8, 4) is 0 Å². The van der Waals surface area contributed by atoms with Crippen molar-refractivity contribution in [2.24, 2.45) is 0 Å². The maximum absolute atomic E-state index is 15.9. The summed E-state index contributed by atoms with van der Waals surface area (Å²) >= 11 is 9.12. The summed E-state index contributed by atoms with van der Waals surface area (Å²) < 4.78 is 62.7. The number of halogens is 6. The smallest absolute Gasteiger partial charge is 0.416 e. The van der Waals surface area contributed by atoms with Crippen LogP contribution in [0.4, 0.5) is 28.0 Å². The fourth-order valence-corrected chi connectivity index (χ4v) is 6.14. The fourth-order valence-electron chi connectivity index (χ4n) is 5.59. The zero-order chi connectivity index (χ0) is 30.8. The second kappa shape index (κ2) is 10.5. The van der Waals surface area contributed by atoms with Gasteiger partial charge in [-0.2, -0.15) is 22.7 Å². The van der Waals surface area contributed by atoms with Gasteiger partial charge in [0.15, 0.2) is 0 Å². The highest BCUT2D eigenvalue weighted by Gasteiger charge is 2.51. The molecular weight excluding hydrogens is 652 g/mol. The number of alkyl halides is 4. The number of nitrogens with one attached hydrogen (secondary N) is 1. The van der Waals surface area contributed by atoms with Crippen LogP contribution in [0.15, 0.2) is 27.7 Å². The summed E-state index contributed by atoms with van der Waals surface area (Å²) in [6, 6.07) is 2.48. The van der Waals surface area contributed by atoms with Gasteiger partial charge >= 0.3 is 12.3 Å². The number of aromatic nitrogens is 4. The molecule has 2 aliphatic rings. The Morgan fingerprint density at radius 3 is 2.48 bits per heavy atom. The molecule has 2 aromatic heterocycles. The van der Waals surface area contributed by atoms with Crippen LogP contribution < -0.4 is 10.9 Å². The summed E-state index contributed by atoms with van der Waals surface area (Å²) in [6.07, 6.45) is -6.24. The number of piperidine rings is 1. The molecule has 16 heteroatoms. The van der Waals surface area contributed by atoms with Gasteiger partial charge in [0.1, 0.15) is 18.3 Å². The van der Waals surface area contributed by atoms with Crippen molar-refractivity contribution in [2.45, 2.75) is 69.9 Å². The number of amides is 2. The molecule has 5 rings (SSSR count). The molecule has 1 unspecified atom stereocenters. The quantitative estimate of drug-likeness (QED) is 0.359. The van der Waals surface area contributed by atoms with E-state index in [1.165, 1.54) is 9.47 Å². The van der Waals surface area contributed by atoms with E-state index in [1.807, 2.05) is 0 Å². The number of likely N-dealkylation sites (tertiary alicyclic amines) is 1. The van der Waals surface area contributed by atoms with Gasteiger partial charge in [0, 0.05) is 24.1 Å². The number of benzene rings is 1. The zero-order valence-electron chi connectivity index (χ0n) is 22.7. The SMILES string of the molecule is CC(C)(C)OC(=O)N1CCC2(CC1)CC(F)c1c2c(=O)n2nc(Br)nc2n1CC(=O)Nc1ccc(C(F)(F)F)cc1Cl. The van der Waals surface area contributed by atoms with Crippen LogP contribution >= 0.6 is 27.5 Å². The van der Waals surface area contributed by atoms with Gasteiger partial charge in [0.25, 0.3) is 5.56 Å².